The zero-order chi connectivity index (χ0) is 12.7. The van der Waals surface area contributed by atoms with E-state index in [9.17, 15) is 0 Å². The normalized spacial score (nSPS) is 22.0. The molecule has 0 bridgehead atoms. The van der Waals surface area contributed by atoms with Crippen LogP contribution in [0.3, 0.4) is 0 Å². The molecule has 0 aliphatic carbocycles. The molecule has 100 valence electrons. The molecular formula is C13H26O3Si. The van der Waals surface area contributed by atoms with Crippen LogP contribution in [0, 0.1) is 0 Å². The van der Waals surface area contributed by atoms with Gasteiger partial charge in [0.05, 0.1) is 18.8 Å². The van der Waals surface area contributed by atoms with Crippen molar-refractivity contribution in [1.82, 2.24) is 0 Å². The molecule has 1 rings (SSSR count). The van der Waals surface area contributed by atoms with Crippen LogP contribution < -0.4 is 0 Å². The third-order valence-electron chi connectivity index (χ3n) is 2.62. The van der Waals surface area contributed by atoms with Crippen molar-refractivity contribution in [1.29, 1.82) is 0 Å². The maximum Gasteiger partial charge on any atom is 0.147 e. The van der Waals surface area contributed by atoms with Crippen LogP contribution in [0.4, 0.5) is 0 Å². The molecule has 0 aromatic rings. The van der Waals surface area contributed by atoms with E-state index in [2.05, 4.69) is 31.8 Å². The third-order valence-corrected chi connectivity index (χ3v) is 4.32. The molecule has 0 radical (unpaired) electrons. The Bertz CT molecular complexity index is 231. The van der Waals surface area contributed by atoms with Crippen LogP contribution in [0.5, 0.6) is 0 Å². The summed E-state index contributed by atoms with van der Waals surface area (Å²) in [6.45, 7) is 11.2. The Morgan fingerprint density at radius 2 is 2.12 bits per heavy atom. The molecule has 0 unspecified atom stereocenters. The van der Waals surface area contributed by atoms with E-state index in [1.807, 2.05) is 6.92 Å². The molecule has 0 spiro atoms. The minimum absolute atomic E-state index is 0.126. The quantitative estimate of drug-likeness (QED) is 0.209. The van der Waals surface area contributed by atoms with Crippen molar-refractivity contribution in [3.8, 4) is 0 Å². The summed E-state index contributed by atoms with van der Waals surface area (Å²) in [6.07, 6.45) is 5.80. The smallest absolute Gasteiger partial charge is 0.147 e. The van der Waals surface area contributed by atoms with E-state index in [-0.39, 0.29) is 6.10 Å². The van der Waals surface area contributed by atoms with Gasteiger partial charge in [-0.25, -0.2) is 0 Å². The summed E-state index contributed by atoms with van der Waals surface area (Å²) < 4.78 is 16.1. The Kier molecular flexibility index (Phi) is 6.41. The summed E-state index contributed by atoms with van der Waals surface area (Å²) in [4.78, 5) is 0. The maximum atomic E-state index is 5.52. The second kappa shape index (κ2) is 7.31. The number of rotatable bonds is 9. The van der Waals surface area contributed by atoms with E-state index in [4.69, 9.17) is 14.2 Å². The van der Waals surface area contributed by atoms with E-state index in [0.717, 1.165) is 19.6 Å². The highest BCUT2D eigenvalue weighted by atomic mass is 28.3. The predicted molar refractivity (Wildman–Crippen MR) is 73.0 cm³/mol. The molecular weight excluding hydrogens is 232 g/mol. The number of hydrogen-bond acceptors (Lipinski definition) is 3. The molecule has 1 aliphatic heterocycles. The summed E-state index contributed by atoms with van der Waals surface area (Å²) >= 11 is 0. The fourth-order valence-electron chi connectivity index (χ4n) is 1.27. The summed E-state index contributed by atoms with van der Waals surface area (Å²) in [5.41, 5.74) is 0. The Balaban J connectivity index is 1.92. The van der Waals surface area contributed by atoms with Gasteiger partial charge in [0, 0.05) is 14.7 Å². The molecule has 2 atom stereocenters. The van der Waals surface area contributed by atoms with E-state index < -0.39 is 8.07 Å². The summed E-state index contributed by atoms with van der Waals surface area (Å²) in [6, 6.07) is 1.19. The molecule has 0 saturated carbocycles. The van der Waals surface area contributed by atoms with Crippen molar-refractivity contribution < 1.29 is 14.2 Å². The number of epoxide rings is 1. The Morgan fingerprint density at radius 3 is 2.71 bits per heavy atom. The van der Waals surface area contributed by atoms with Gasteiger partial charge in [0.25, 0.3) is 0 Å². The van der Waals surface area contributed by atoms with Crippen LogP contribution in [0.1, 0.15) is 13.3 Å². The highest BCUT2D eigenvalue weighted by Gasteiger charge is 2.19. The fourth-order valence-corrected chi connectivity index (χ4v) is 2.03. The van der Waals surface area contributed by atoms with Crippen LogP contribution in [-0.4, -0.2) is 40.3 Å². The van der Waals surface area contributed by atoms with E-state index in [0.29, 0.717) is 12.9 Å². The average molecular weight is 258 g/mol. The minimum atomic E-state index is -0.969. The van der Waals surface area contributed by atoms with E-state index >= 15 is 0 Å². The molecule has 17 heavy (non-hydrogen) atoms. The van der Waals surface area contributed by atoms with Gasteiger partial charge >= 0.3 is 0 Å². The molecule has 1 fully saturated rings. The predicted octanol–water partition coefficient (Wildman–Crippen LogP) is 3.05. The maximum absolute atomic E-state index is 5.52. The van der Waals surface area contributed by atoms with Crippen molar-refractivity contribution in [2.75, 3.05) is 20.0 Å². The van der Waals surface area contributed by atoms with Gasteiger partial charge in [-0.1, -0.05) is 31.8 Å². The Hall–Kier alpha value is -0.163. The molecule has 4 heteroatoms. The standard InChI is InChI=1S/C13H26O3Si/c1-12(6-5-7-13-10-15-13)16-11-14-8-9-17(2,3)4/h5-6,12-13H,7-11H2,1-4H3/b6-5-/t12-,13+/m0/s1. The minimum Gasteiger partial charge on any atom is -0.373 e. The van der Waals surface area contributed by atoms with E-state index in [1.54, 1.807) is 0 Å². The molecule has 1 saturated heterocycles. The first-order valence-corrected chi connectivity index (χ1v) is 10.2. The summed E-state index contributed by atoms with van der Waals surface area (Å²) in [7, 11) is -0.969. The lowest BCUT2D eigenvalue weighted by Gasteiger charge is -2.16. The van der Waals surface area contributed by atoms with Crippen LogP contribution in [0.15, 0.2) is 12.2 Å². The van der Waals surface area contributed by atoms with Gasteiger partial charge in [-0.3, -0.25) is 0 Å². The molecule has 0 aromatic carbocycles. The van der Waals surface area contributed by atoms with E-state index in [1.165, 1.54) is 6.04 Å². The second-order valence-electron chi connectivity index (χ2n) is 5.83. The molecule has 0 aromatic heterocycles. The van der Waals surface area contributed by atoms with Crippen LogP contribution in [0.25, 0.3) is 0 Å². The highest BCUT2D eigenvalue weighted by Crippen LogP contribution is 2.13. The molecule has 1 heterocycles. The van der Waals surface area contributed by atoms with Crippen LogP contribution in [0.2, 0.25) is 25.7 Å². The topological polar surface area (TPSA) is 31.0 Å². The van der Waals surface area contributed by atoms with Crippen molar-refractivity contribution >= 4 is 8.07 Å². The van der Waals surface area contributed by atoms with Crippen molar-refractivity contribution in [2.24, 2.45) is 0 Å². The molecule has 0 amide bonds. The lowest BCUT2D eigenvalue weighted by molar-refractivity contribution is -0.0665. The Morgan fingerprint density at radius 1 is 1.41 bits per heavy atom. The highest BCUT2D eigenvalue weighted by molar-refractivity contribution is 6.76. The second-order valence-corrected chi connectivity index (χ2v) is 11.4. The van der Waals surface area contributed by atoms with Gasteiger partial charge in [-0.2, -0.15) is 0 Å². The van der Waals surface area contributed by atoms with Gasteiger partial charge in [-0.15, -0.1) is 0 Å². The first-order valence-electron chi connectivity index (χ1n) is 6.45. The first kappa shape index (κ1) is 14.9. The fraction of sp³-hybridized carbons (Fsp3) is 0.846. The van der Waals surface area contributed by atoms with Gasteiger partial charge in [0.15, 0.2) is 0 Å². The number of hydrogen-bond donors (Lipinski definition) is 0. The molecule has 3 nitrogen and oxygen atoms in total. The zero-order valence-electron chi connectivity index (χ0n) is 11.6. The first-order chi connectivity index (χ1) is 7.97. The third kappa shape index (κ3) is 9.53. The van der Waals surface area contributed by atoms with Gasteiger partial charge in [-0.05, 0) is 19.4 Å². The largest absolute Gasteiger partial charge is 0.373 e. The summed E-state index contributed by atoms with van der Waals surface area (Å²) in [5.74, 6) is 0. The van der Waals surface area contributed by atoms with Crippen LogP contribution >= 0.6 is 0 Å². The zero-order valence-corrected chi connectivity index (χ0v) is 12.6. The van der Waals surface area contributed by atoms with Crippen molar-refractivity contribution in [3.05, 3.63) is 12.2 Å². The monoisotopic (exact) mass is 258 g/mol. The van der Waals surface area contributed by atoms with Crippen molar-refractivity contribution in [3.63, 3.8) is 0 Å². The van der Waals surface area contributed by atoms with Gasteiger partial charge < -0.3 is 14.2 Å². The molecule has 0 N–H and O–H groups in total. The average Bonchev–Trinajstić information content (AvgIpc) is 2.99. The summed E-state index contributed by atoms with van der Waals surface area (Å²) in [5, 5.41) is 0. The van der Waals surface area contributed by atoms with Gasteiger partial charge in [0.1, 0.15) is 6.79 Å². The Labute approximate surface area is 106 Å². The van der Waals surface area contributed by atoms with Crippen molar-refractivity contribution in [2.45, 2.75) is 51.2 Å². The molecule has 1 aliphatic rings. The van der Waals surface area contributed by atoms with Crippen LogP contribution in [-0.2, 0) is 14.2 Å². The lowest BCUT2D eigenvalue weighted by Crippen LogP contribution is -2.22. The number of ether oxygens (including phenoxy) is 3. The van der Waals surface area contributed by atoms with Gasteiger partial charge in [0.2, 0.25) is 0 Å². The lowest BCUT2D eigenvalue weighted by atomic mass is 10.2. The SMILES string of the molecule is C[C@@H](/C=C\C[C@@H]1CO1)OCOCC[Si](C)(C)C.